The van der Waals surface area contributed by atoms with Gasteiger partial charge >= 0.3 is 5.97 Å². The van der Waals surface area contributed by atoms with E-state index >= 15 is 0 Å². The van der Waals surface area contributed by atoms with Gasteiger partial charge in [0.2, 0.25) is 0 Å². The molecule has 0 radical (unpaired) electrons. The number of ketones is 1. The smallest absolute Gasteiger partial charge is 0.307 e. The Hall–Kier alpha value is -2.17. The molecular weight excluding hydrogens is 294 g/mol. The van der Waals surface area contributed by atoms with Gasteiger partial charge in [0.05, 0.1) is 6.42 Å². The van der Waals surface area contributed by atoms with Crippen LogP contribution in [-0.2, 0) is 20.7 Å². The van der Waals surface area contributed by atoms with Crippen LogP contribution in [-0.4, -0.2) is 23.8 Å². The molecule has 0 bridgehead atoms. The van der Waals surface area contributed by atoms with Crippen molar-refractivity contribution in [2.24, 2.45) is 5.73 Å². The fourth-order valence-electron chi connectivity index (χ4n) is 2.11. The number of benzene rings is 1. The van der Waals surface area contributed by atoms with Gasteiger partial charge in [-0.2, -0.15) is 0 Å². The molecule has 1 rings (SSSR count). The summed E-state index contributed by atoms with van der Waals surface area (Å²) in [7, 11) is 0. The summed E-state index contributed by atoms with van der Waals surface area (Å²) >= 11 is 0. The van der Waals surface area contributed by atoms with E-state index in [1.807, 2.05) is 12.1 Å². The summed E-state index contributed by atoms with van der Waals surface area (Å²) in [5.41, 5.74) is 6.80. The highest BCUT2D eigenvalue weighted by Crippen LogP contribution is 2.11. The molecule has 0 saturated heterocycles. The minimum atomic E-state index is -0.972. The molecular formula is C18H25NO4. The number of Topliss-reactive ketones (excluding diaryl/α,β-unsaturated/α-hetero) is 1. The van der Waals surface area contributed by atoms with Crippen LogP contribution >= 0.6 is 0 Å². The van der Waals surface area contributed by atoms with E-state index in [1.54, 1.807) is 12.1 Å². The molecule has 1 aromatic carbocycles. The van der Waals surface area contributed by atoms with Crippen molar-refractivity contribution < 1.29 is 19.1 Å². The molecule has 23 heavy (non-hydrogen) atoms. The van der Waals surface area contributed by atoms with E-state index in [9.17, 15) is 14.4 Å². The lowest BCUT2D eigenvalue weighted by Crippen LogP contribution is -2.30. The molecule has 1 atom stereocenters. The van der Waals surface area contributed by atoms with E-state index in [0.29, 0.717) is 5.56 Å². The van der Waals surface area contributed by atoms with Crippen LogP contribution in [0.1, 0.15) is 61.9 Å². The number of ether oxygens (including phenoxy) is 1. The maximum atomic E-state index is 12.0. The second-order valence-corrected chi connectivity index (χ2v) is 5.61. The van der Waals surface area contributed by atoms with Gasteiger partial charge in [0.15, 0.2) is 11.9 Å². The molecule has 0 aliphatic carbocycles. The van der Waals surface area contributed by atoms with Gasteiger partial charge in [-0.15, -0.1) is 0 Å². The second-order valence-electron chi connectivity index (χ2n) is 5.61. The molecule has 1 aromatic rings. The molecule has 5 nitrogen and oxygen atoms in total. The average Bonchev–Trinajstić information content (AvgIpc) is 2.53. The molecule has 2 N–H and O–H groups in total. The minimum Gasteiger partial charge on any atom is -0.453 e. The van der Waals surface area contributed by atoms with Gasteiger partial charge in [-0.1, -0.05) is 44.0 Å². The molecule has 1 amide bonds. The third-order valence-corrected chi connectivity index (χ3v) is 3.61. The van der Waals surface area contributed by atoms with Crippen molar-refractivity contribution in [2.75, 3.05) is 0 Å². The molecule has 126 valence electrons. The molecule has 0 unspecified atom stereocenters. The molecule has 0 aliphatic heterocycles. The zero-order chi connectivity index (χ0) is 17.2. The Morgan fingerprint density at radius 3 is 2.30 bits per heavy atom. The zero-order valence-electron chi connectivity index (χ0n) is 13.8. The molecule has 0 heterocycles. The van der Waals surface area contributed by atoms with Crippen LogP contribution in [0.3, 0.4) is 0 Å². The third-order valence-electron chi connectivity index (χ3n) is 3.61. The van der Waals surface area contributed by atoms with Crippen molar-refractivity contribution in [3.8, 4) is 0 Å². The van der Waals surface area contributed by atoms with Crippen LogP contribution in [0.15, 0.2) is 24.3 Å². The summed E-state index contributed by atoms with van der Waals surface area (Å²) in [5.74, 6) is -1.42. The predicted molar refractivity (Wildman–Crippen MR) is 88.0 cm³/mol. The zero-order valence-corrected chi connectivity index (χ0v) is 13.8. The number of rotatable bonds is 10. The minimum absolute atomic E-state index is 0.0551. The van der Waals surface area contributed by atoms with Crippen molar-refractivity contribution in [2.45, 2.75) is 58.5 Å². The van der Waals surface area contributed by atoms with E-state index in [0.717, 1.165) is 12.8 Å². The van der Waals surface area contributed by atoms with Crippen LogP contribution in [0.5, 0.6) is 0 Å². The highest BCUT2D eigenvalue weighted by molar-refractivity contribution is 5.97. The highest BCUT2D eigenvalue weighted by atomic mass is 16.5. The van der Waals surface area contributed by atoms with E-state index in [2.05, 4.69) is 6.92 Å². The summed E-state index contributed by atoms with van der Waals surface area (Å²) in [6.07, 6.45) is 3.56. The van der Waals surface area contributed by atoms with Crippen LogP contribution < -0.4 is 5.73 Å². The number of carbonyl (C=O) groups excluding carboxylic acids is 3. The highest BCUT2D eigenvalue weighted by Gasteiger charge is 2.16. The van der Waals surface area contributed by atoms with Crippen LogP contribution in [0.2, 0.25) is 0 Å². The van der Waals surface area contributed by atoms with Gasteiger partial charge in [0.25, 0.3) is 5.91 Å². The van der Waals surface area contributed by atoms with Gasteiger partial charge in [-0.3, -0.25) is 14.4 Å². The quantitative estimate of drug-likeness (QED) is 0.408. The molecule has 0 aromatic heterocycles. The lowest BCUT2D eigenvalue weighted by atomic mass is 10.0. The molecule has 0 spiro atoms. The van der Waals surface area contributed by atoms with E-state index < -0.39 is 18.0 Å². The summed E-state index contributed by atoms with van der Waals surface area (Å²) in [5, 5.41) is 0. The van der Waals surface area contributed by atoms with E-state index in [-0.39, 0.29) is 18.6 Å². The Kier molecular flexibility index (Phi) is 8.02. The number of hydrogen-bond acceptors (Lipinski definition) is 4. The van der Waals surface area contributed by atoms with Gasteiger partial charge in [-0.05, 0) is 25.3 Å². The lowest BCUT2D eigenvalue weighted by Gasteiger charge is -2.09. The topological polar surface area (TPSA) is 86.5 Å². The first-order chi connectivity index (χ1) is 10.9. The maximum absolute atomic E-state index is 12.0. The number of hydrogen-bond donors (Lipinski definition) is 1. The van der Waals surface area contributed by atoms with Gasteiger partial charge in [-0.25, -0.2) is 0 Å². The van der Waals surface area contributed by atoms with Crippen molar-refractivity contribution in [1.82, 2.24) is 0 Å². The average molecular weight is 319 g/mol. The monoisotopic (exact) mass is 319 g/mol. The van der Waals surface area contributed by atoms with Gasteiger partial charge in [0.1, 0.15) is 0 Å². The molecule has 0 fully saturated rings. The normalized spacial score (nSPS) is 11.7. The standard InChI is InChI=1S/C18H25NO4/c1-3-4-5-6-14-7-9-15(10-8-14)16(20)11-12-17(21)23-13(2)18(19)22/h7-10,13H,3-6,11-12H2,1-2H3,(H2,19,22)/t13-/m1/s1. The third kappa shape index (κ3) is 7.08. The first-order valence-electron chi connectivity index (χ1n) is 8.05. The summed E-state index contributed by atoms with van der Waals surface area (Å²) < 4.78 is 4.81. The summed E-state index contributed by atoms with van der Waals surface area (Å²) in [6, 6.07) is 7.49. The van der Waals surface area contributed by atoms with Crippen molar-refractivity contribution in [3.05, 3.63) is 35.4 Å². The van der Waals surface area contributed by atoms with Crippen molar-refractivity contribution >= 4 is 17.7 Å². The molecule has 0 saturated carbocycles. The second kappa shape index (κ2) is 9.77. The number of carbonyl (C=O) groups is 3. The number of unbranched alkanes of at least 4 members (excludes halogenated alkanes) is 2. The Morgan fingerprint density at radius 1 is 1.09 bits per heavy atom. The van der Waals surface area contributed by atoms with Gasteiger partial charge < -0.3 is 10.5 Å². The first-order valence-corrected chi connectivity index (χ1v) is 8.05. The van der Waals surface area contributed by atoms with Crippen LogP contribution in [0, 0.1) is 0 Å². The summed E-state index contributed by atoms with van der Waals surface area (Å²) in [4.78, 5) is 34.4. The fourth-order valence-corrected chi connectivity index (χ4v) is 2.11. The van der Waals surface area contributed by atoms with E-state index in [4.69, 9.17) is 10.5 Å². The SMILES string of the molecule is CCCCCc1ccc(C(=O)CCC(=O)O[C@H](C)C(N)=O)cc1. The molecule has 0 aliphatic rings. The first kappa shape index (κ1) is 18.9. The Morgan fingerprint density at radius 2 is 1.74 bits per heavy atom. The fraction of sp³-hybridized carbons (Fsp3) is 0.500. The molecule has 5 heteroatoms. The summed E-state index contributed by atoms with van der Waals surface area (Å²) in [6.45, 7) is 3.57. The van der Waals surface area contributed by atoms with E-state index in [1.165, 1.54) is 25.3 Å². The number of nitrogens with two attached hydrogens (primary N) is 1. The number of primary amides is 1. The van der Waals surface area contributed by atoms with Crippen LogP contribution in [0.4, 0.5) is 0 Å². The lowest BCUT2D eigenvalue weighted by molar-refractivity contribution is -0.153. The maximum Gasteiger partial charge on any atom is 0.307 e. The number of amides is 1. The van der Waals surface area contributed by atoms with Crippen LogP contribution in [0.25, 0.3) is 0 Å². The number of aryl methyl sites for hydroxylation is 1. The Bertz CT molecular complexity index is 536. The number of esters is 1. The largest absolute Gasteiger partial charge is 0.453 e. The van der Waals surface area contributed by atoms with Crippen molar-refractivity contribution in [1.29, 1.82) is 0 Å². The van der Waals surface area contributed by atoms with Crippen molar-refractivity contribution in [3.63, 3.8) is 0 Å². The Balaban J connectivity index is 2.42. The predicted octanol–water partition coefficient (Wildman–Crippen LogP) is 2.80. The van der Waals surface area contributed by atoms with Gasteiger partial charge in [0, 0.05) is 12.0 Å². The Labute approximate surface area is 137 Å².